The van der Waals surface area contributed by atoms with Gasteiger partial charge in [0.1, 0.15) is 11.8 Å². The van der Waals surface area contributed by atoms with E-state index >= 15 is 0 Å². The highest BCUT2D eigenvalue weighted by atomic mass is 16.5. The van der Waals surface area contributed by atoms with E-state index in [0.717, 1.165) is 0 Å². The number of carbonyl (C=O) groups is 2. The lowest BCUT2D eigenvalue weighted by molar-refractivity contribution is -0.139. The summed E-state index contributed by atoms with van der Waals surface area (Å²) in [6.07, 6.45) is 0. The van der Waals surface area contributed by atoms with E-state index in [4.69, 9.17) is 10.00 Å². The first-order valence-electron chi connectivity index (χ1n) is 6.11. The fraction of sp³-hybridized carbons (Fsp3) is 0.214. The minimum Gasteiger partial charge on any atom is -0.462 e. The van der Waals surface area contributed by atoms with Gasteiger partial charge in [0, 0.05) is 0 Å². The first-order chi connectivity index (χ1) is 9.67. The van der Waals surface area contributed by atoms with Crippen LogP contribution in [0.15, 0.2) is 41.6 Å². The average Bonchev–Trinajstić information content (AvgIpc) is 2.47. The van der Waals surface area contributed by atoms with Gasteiger partial charge < -0.3 is 10.1 Å². The summed E-state index contributed by atoms with van der Waals surface area (Å²) in [6.45, 7) is 1.87. The summed E-state index contributed by atoms with van der Waals surface area (Å²) in [5.41, 5.74) is 0.736. The van der Waals surface area contributed by atoms with Crippen LogP contribution in [0.4, 0.5) is 4.79 Å². The molecule has 1 atom stereocenters. The Morgan fingerprint density at radius 2 is 2.10 bits per heavy atom. The molecule has 2 N–H and O–H groups in total. The molecule has 0 radical (unpaired) electrons. The number of rotatable bonds is 3. The van der Waals surface area contributed by atoms with Crippen molar-refractivity contribution in [2.24, 2.45) is 0 Å². The minimum atomic E-state index is -0.696. The molecule has 0 bridgehead atoms. The number of allylic oxidation sites excluding steroid dienone is 1. The number of hydrogen-bond donors (Lipinski definition) is 2. The van der Waals surface area contributed by atoms with Crippen molar-refractivity contribution in [3.05, 3.63) is 47.2 Å². The van der Waals surface area contributed by atoms with Gasteiger partial charge >= 0.3 is 12.0 Å². The maximum atomic E-state index is 12.0. The lowest BCUT2D eigenvalue weighted by Gasteiger charge is -2.26. The molecule has 0 aromatic heterocycles. The SMILES string of the molecule is CCOC(=O)C1=C(C#N)NC(=O)NC1c1ccccc1. The summed E-state index contributed by atoms with van der Waals surface area (Å²) >= 11 is 0. The second-order valence-corrected chi connectivity index (χ2v) is 4.06. The first-order valence-corrected chi connectivity index (χ1v) is 6.11. The first kappa shape index (κ1) is 13.6. The van der Waals surface area contributed by atoms with Crippen LogP contribution in [0.25, 0.3) is 0 Å². The zero-order chi connectivity index (χ0) is 14.5. The number of esters is 1. The van der Waals surface area contributed by atoms with Crippen molar-refractivity contribution in [2.75, 3.05) is 6.61 Å². The number of amides is 2. The van der Waals surface area contributed by atoms with Gasteiger partial charge in [-0.1, -0.05) is 30.3 Å². The molecule has 2 amide bonds. The van der Waals surface area contributed by atoms with Crippen LogP contribution in [0.2, 0.25) is 0 Å². The molecule has 0 fully saturated rings. The highest BCUT2D eigenvalue weighted by Gasteiger charge is 2.33. The highest BCUT2D eigenvalue weighted by Crippen LogP contribution is 2.27. The number of ether oxygens (including phenoxy) is 1. The van der Waals surface area contributed by atoms with Gasteiger partial charge in [-0.15, -0.1) is 0 Å². The largest absolute Gasteiger partial charge is 0.462 e. The number of nitriles is 1. The van der Waals surface area contributed by atoms with Gasteiger partial charge in [-0.05, 0) is 12.5 Å². The number of carbonyl (C=O) groups excluding carboxylic acids is 2. The fourth-order valence-corrected chi connectivity index (χ4v) is 1.98. The van der Waals surface area contributed by atoms with Gasteiger partial charge in [-0.3, -0.25) is 5.32 Å². The molecule has 1 aliphatic rings. The zero-order valence-electron chi connectivity index (χ0n) is 10.8. The molecule has 0 saturated carbocycles. The van der Waals surface area contributed by atoms with Gasteiger partial charge in [-0.25, -0.2) is 9.59 Å². The van der Waals surface area contributed by atoms with Crippen LogP contribution in [-0.4, -0.2) is 18.6 Å². The van der Waals surface area contributed by atoms with Crippen molar-refractivity contribution in [3.63, 3.8) is 0 Å². The van der Waals surface area contributed by atoms with E-state index in [1.54, 1.807) is 31.2 Å². The molecule has 1 aromatic carbocycles. The van der Waals surface area contributed by atoms with Gasteiger partial charge in [0.15, 0.2) is 0 Å². The van der Waals surface area contributed by atoms with Gasteiger partial charge in [0.25, 0.3) is 0 Å². The van der Waals surface area contributed by atoms with E-state index in [1.165, 1.54) is 0 Å². The van der Waals surface area contributed by atoms with Crippen molar-refractivity contribution < 1.29 is 14.3 Å². The highest BCUT2D eigenvalue weighted by molar-refractivity contribution is 5.96. The van der Waals surface area contributed by atoms with Gasteiger partial charge in [0.05, 0.1) is 18.2 Å². The molecule has 1 unspecified atom stereocenters. The Bertz CT molecular complexity index is 602. The predicted molar refractivity (Wildman–Crippen MR) is 70.1 cm³/mol. The van der Waals surface area contributed by atoms with Crippen LogP contribution in [0.1, 0.15) is 18.5 Å². The minimum absolute atomic E-state index is 0.0824. The van der Waals surface area contributed by atoms with Crippen molar-refractivity contribution >= 4 is 12.0 Å². The second kappa shape index (κ2) is 5.89. The molecular weight excluding hydrogens is 258 g/mol. The third kappa shape index (κ3) is 2.62. The molecule has 102 valence electrons. The molecule has 6 nitrogen and oxygen atoms in total. The standard InChI is InChI=1S/C14H13N3O3/c1-2-20-13(18)11-10(8-15)16-14(19)17-12(11)9-6-4-3-5-7-9/h3-7,12H,2H2,1H3,(H2,16,17,19). The van der Waals surface area contributed by atoms with Crippen LogP contribution < -0.4 is 10.6 Å². The van der Waals surface area contributed by atoms with Gasteiger partial charge in [0.2, 0.25) is 0 Å². The van der Waals surface area contributed by atoms with E-state index in [0.29, 0.717) is 5.56 Å². The van der Waals surface area contributed by atoms with Crippen molar-refractivity contribution in [1.29, 1.82) is 5.26 Å². The summed E-state index contributed by atoms with van der Waals surface area (Å²) in [5.74, 6) is -0.620. The fourth-order valence-electron chi connectivity index (χ4n) is 1.98. The Morgan fingerprint density at radius 3 is 2.70 bits per heavy atom. The predicted octanol–water partition coefficient (Wildman–Crippen LogP) is 1.38. The van der Waals surface area contributed by atoms with Crippen LogP contribution >= 0.6 is 0 Å². The Balaban J connectivity index is 2.49. The number of hydrogen-bond acceptors (Lipinski definition) is 4. The smallest absolute Gasteiger partial charge is 0.339 e. The van der Waals surface area contributed by atoms with Crippen LogP contribution in [0.3, 0.4) is 0 Å². The summed E-state index contributed by atoms with van der Waals surface area (Å²) in [7, 11) is 0. The number of nitrogens with zero attached hydrogens (tertiary/aromatic N) is 1. The number of nitrogens with one attached hydrogen (secondary N) is 2. The maximum Gasteiger partial charge on any atom is 0.339 e. The van der Waals surface area contributed by atoms with Gasteiger partial charge in [-0.2, -0.15) is 5.26 Å². The number of benzene rings is 1. The molecule has 1 heterocycles. The Morgan fingerprint density at radius 1 is 1.40 bits per heavy atom. The third-order valence-electron chi connectivity index (χ3n) is 2.81. The zero-order valence-corrected chi connectivity index (χ0v) is 10.8. The molecule has 20 heavy (non-hydrogen) atoms. The van der Waals surface area contributed by atoms with E-state index in [2.05, 4.69) is 10.6 Å². The van der Waals surface area contributed by atoms with E-state index in [9.17, 15) is 9.59 Å². The van der Waals surface area contributed by atoms with Crippen LogP contribution in [0, 0.1) is 11.3 Å². The Kier molecular flexibility index (Phi) is 4.01. The maximum absolute atomic E-state index is 12.0. The Labute approximate surface area is 116 Å². The summed E-state index contributed by atoms with van der Waals surface area (Å²) < 4.78 is 4.96. The van der Waals surface area contributed by atoms with E-state index in [-0.39, 0.29) is 17.9 Å². The quantitative estimate of drug-likeness (QED) is 0.812. The Hall–Kier alpha value is -2.81. The van der Waals surface area contributed by atoms with E-state index in [1.807, 2.05) is 12.1 Å². The topological polar surface area (TPSA) is 91.2 Å². The van der Waals surface area contributed by atoms with Crippen LogP contribution in [0.5, 0.6) is 0 Å². The summed E-state index contributed by atoms with van der Waals surface area (Å²) in [4.78, 5) is 23.6. The summed E-state index contributed by atoms with van der Waals surface area (Å²) in [5, 5.41) is 14.1. The molecule has 1 aromatic rings. The van der Waals surface area contributed by atoms with Crippen LogP contribution in [-0.2, 0) is 9.53 Å². The molecule has 0 aliphatic carbocycles. The molecule has 1 aliphatic heterocycles. The van der Waals surface area contributed by atoms with Crippen molar-refractivity contribution in [1.82, 2.24) is 10.6 Å². The molecule has 0 saturated heterocycles. The van der Waals surface area contributed by atoms with E-state index < -0.39 is 18.0 Å². The summed E-state index contributed by atoms with van der Waals surface area (Å²) in [6, 6.07) is 9.55. The molecular formula is C14H13N3O3. The second-order valence-electron chi connectivity index (χ2n) is 4.06. The molecule has 0 spiro atoms. The van der Waals surface area contributed by atoms with Crippen molar-refractivity contribution in [2.45, 2.75) is 13.0 Å². The average molecular weight is 271 g/mol. The monoisotopic (exact) mass is 271 g/mol. The molecule has 6 heteroatoms. The normalized spacial score (nSPS) is 17.8. The third-order valence-corrected chi connectivity index (χ3v) is 2.81. The molecule has 2 rings (SSSR count). The number of urea groups is 1. The van der Waals surface area contributed by atoms with Crippen molar-refractivity contribution in [3.8, 4) is 6.07 Å². The lowest BCUT2D eigenvalue weighted by atomic mass is 9.95. The lowest BCUT2D eigenvalue weighted by Crippen LogP contribution is -2.45.